The number of carbonyl (C=O) groups is 2. The Morgan fingerprint density at radius 1 is 1.25 bits per heavy atom. The van der Waals surface area contributed by atoms with E-state index in [-0.39, 0.29) is 24.2 Å². The zero-order valence-corrected chi connectivity index (χ0v) is 13.4. The molecule has 1 aliphatic rings. The van der Waals surface area contributed by atoms with E-state index in [0.717, 1.165) is 17.0 Å². The number of carbonyl (C=O) groups excluding carboxylic acids is 2. The predicted octanol–water partition coefficient (Wildman–Crippen LogP) is 1.76. The summed E-state index contributed by atoms with van der Waals surface area (Å²) in [7, 11) is 1.60. The molecule has 0 aliphatic carbocycles. The molecule has 0 unspecified atom stereocenters. The lowest BCUT2D eigenvalue weighted by atomic mass is 10.1. The Balaban J connectivity index is 1.60. The Kier molecular flexibility index (Phi) is 4.74. The van der Waals surface area contributed by atoms with E-state index in [9.17, 15) is 9.59 Å². The van der Waals surface area contributed by atoms with Crippen molar-refractivity contribution < 1.29 is 14.3 Å². The summed E-state index contributed by atoms with van der Waals surface area (Å²) < 4.78 is 5.12. The van der Waals surface area contributed by atoms with Crippen LogP contribution in [0.3, 0.4) is 0 Å². The van der Waals surface area contributed by atoms with Crippen LogP contribution in [0, 0.1) is 5.92 Å². The first-order chi connectivity index (χ1) is 11.7. The van der Waals surface area contributed by atoms with Crippen molar-refractivity contribution in [1.82, 2.24) is 10.3 Å². The summed E-state index contributed by atoms with van der Waals surface area (Å²) in [5.41, 5.74) is 1.76. The Morgan fingerprint density at radius 2 is 1.96 bits per heavy atom. The molecule has 0 saturated carbocycles. The molecule has 2 aromatic rings. The van der Waals surface area contributed by atoms with Gasteiger partial charge in [-0.05, 0) is 42.0 Å². The fourth-order valence-corrected chi connectivity index (χ4v) is 2.73. The smallest absolute Gasteiger partial charge is 0.227 e. The number of aromatic nitrogens is 1. The lowest BCUT2D eigenvalue weighted by molar-refractivity contribution is -0.126. The van der Waals surface area contributed by atoms with Crippen LogP contribution in [0.5, 0.6) is 5.75 Å². The first-order valence-corrected chi connectivity index (χ1v) is 7.78. The Morgan fingerprint density at radius 3 is 2.62 bits per heavy atom. The Labute approximate surface area is 140 Å². The van der Waals surface area contributed by atoms with Gasteiger partial charge in [-0.2, -0.15) is 0 Å². The van der Waals surface area contributed by atoms with Crippen molar-refractivity contribution in [3.05, 3.63) is 54.4 Å². The van der Waals surface area contributed by atoms with Crippen molar-refractivity contribution >= 4 is 17.5 Å². The van der Waals surface area contributed by atoms with Crippen LogP contribution in [0.25, 0.3) is 0 Å². The quantitative estimate of drug-likeness (QED) is 0.909. The van der Waals surface area contributed by atoms with Gasteiger partial charge in [0.15, 0.2) is 0 Å². The molecule has 124 valence electrons. The lowest BCUT2D eigenvalue weighted by Gasteiger charge is -2.17. The van der Waals surface area contributed by atoms with E-state index in [1.165, 1.54) is 0 Å². The van der Waals surface area contributed by atoms with Crippen molar-refractivity contribution in [1.29, 1.82) is 0 Å². The van der Waals surface area contributed by atoms with Gasteiger partial charge < -0.3 is 15.0 Å². The van der Waals surface area contributed by atoms with Gasteiger partial charge in [0.25, 0.3) is 0 Å². The second-order valence-corrected chi connectivity index (χ2v) is 5.68. The summed E-state index contributed by atoms with van der Waals surface area (Å²) in [6, 6.07) is 11.0. The van der Waals surface area contributed by atoms with Gasteiger partial charge >= 0.3 is 0 Å². The van der Waals surface area contributed by atoms with Gasteiger partial charge in [0.1, 0.15) is 5.75 Å². The fraction of sp³-hybridized carbons (Fsp3) is 0.278. The number of anilines is 1. The van der Waals surface area contributed by atoms with E-state index >= 15 is 0 Å². The van der Waals surface area contributed by atoms with Crippen molar-refractivity contribution in [2.24, 2.45) is 5.92 Å². The molecule has 1 atom stereocenters. The van der Waals surface area contributed by atoms with Gasteiger partial charge in [0.05, 0.1) is 13.0 Å². The third-order valence-corrected chi connectivity index (χ3v) is 4.10. The van der Waals surface area contributed by atoms with Crippen LogP contribution in [0.2, 0.25) is 0 Å². The van der Waals surface area contributed by atoms with Gasteiger partial charge in [-0.25, -0.2) is 0 Å². The highest BCUT2D eigenvalue weighted by atomic mass is 16.5. The van der Waals surface area contributed by atoms with Gasteiger partial charge in [0, 0.05) is 37.6 Å². The number of hydrogen-bond donors (Lipinski definition) is 1. The molecular weight excluding hydrogens is 306 g/mol. The number of hydrogen-bond acceptors (Lipinski definition) is 4. The average Bonchev–Trinajstić information content (AvgIpc) is 3.02. The molecular formula is C18H19N3O3. The fourth-order valence-electron chi connectivity index (χ4n) is 2.73. The predicted molar refractivity (Wildman–Crippen MR) is 89.5 cm³/mol. The van der Waals surface area contributed by atoms with Crippen LogP contribution < -0.4 is 15.0 Å². The van der Waals surface area contributed by atoms with E-state index < -0.39 is 0 Å². The van der Waals surface area contributed by atoms with E-state index in [4.69, 9.17) is 4.74 Å². The average molecular weight is 325 g/mol. The number of nitrogens with zero attached hydrogens (tertiary/aromatic N) is 2. The number of ether oxygens (including phenoxy) is 1. The van der Waals surface area contributed by atoms with Gasteiger partial charge in [0.2, 0.25) is 11.8 Å². The first kappa shape index (κ1) is 16.0. The third kappa shape index (κ3) is 3.53. The van der Waals surface area contributed by atoms with Crippen LogP contribution in [-0.4, -0.2) is 30.5 Å². The van der Waals surface area contributed by atoms with Crippen LogP contribution in [0.15, 0.2) is 48.8 Å². The topological polar surface area (TPSA) is 71.5 Å². The molecule has 0 spiro atoms. The molecule has 0 radical (unpaired) electrons. The maximum absolute atomic E-state index is 12.3. The second-order valence-electron chi connectivity index (χ2n) is 5.68. The summed E-state index contributed by atoms with van der Waals surface area (Å²) in [6.07, 6.45) is 3.60. The minimum Gasteiger partial charge on any atom is -0.497 e. The highest BCUT2D eigenvalue weighted by Gasteiger charge is 2.34. The summed E-state index contributed by atoms with van der Waals surface area (Å²) in [5, 5.41) is 2.89. The van der Waals surface area contributed by atoms with E-state index in [2.05, 4.69) is 10.3 Å². The van der Waals surface area contributed by atoms with Crippen LogP contribution >= 0.6 is 0 Å². The zero-order chi connectivity index (χ0) is 16.9. The molecule has 1 aromatic carbocycles. The monoisotopic (exact) mass is 325 g/mol. The summed E-state index contributed by atoms with van der Waals surface area (Å²) in [6.45, 7) is 0.835. The Bertz CT molecular complexity index is 716. The highest BCUT2D eigenvalue weighted by molar-refractivity contribution is 6.00. The standard InChI is InChI=1S/C18H19N3O3/c1-24-16-4-2-15(3-5-16)21-12-14(10-17(21)22)18(23)20-11-13-6-8-19-9-7-13/h2-9,14H,10-12H2,1H3,(H,20,23)/t14-/m1/s1. The second kappa shape index (κ2) is 7.12. The summed E-state index contributed by atoms with van der Waals surface area (Å²) in [5.74, 6) is 0.263. The summed E-state index contributed by atoms with van der Waals surface area (Å²) >= 11 is 0. The van der Waals surface area contributed by atoms with Crippen molar-refractivity contribution in [3.63, 3.8) is 0 Å². The molecule has 1 fully saturated rings. The van der Waals surface area contributed by atoms with Crippen molar-refractivity contribution in [3.8, 4) is 5.75 Å². The molecule has 6 heteroatoms. The molecule has 1 aliphatic heterocycles. The number of rotatable bonds is 5. The lowest BCUT2D eigenvalue weighted by Crippen LogP contribution is -2.32. The summed E-state index contributed by atoms with van der Waals surface area (Å²) in [4.78, 5) is 30.1. The van der Waals surface area contributed by atoms with E-state index in [1.54, 1.807) is 36.5 Å². The zero-order valence-electron chi connectivity index (χ0n) is 13.4. The molecule has 1 aromatic heterocycles. The van der Waals surface area contributed by atoms with E-state index in [1.807, 2.05) is 24.3 Å². The molecule has 3 rings (SSSR count). The molecule has 1 N–H and O–H groups in total. The number of methoxy groups -OCH3 is 1. The maximum atomic E-state index is 12.3. The molecule has 24 heavy (non-hydrogen) atoms. The number of nitrogens with one attached hydrogen (secondary N) is 1. The highest BCUT2D eigenvalue weighted by Crippen LogP contribution is 2.26. The van der Waals surface area contributed by atoms with Crippen molar-refractivity contribution in [2.75, 3.05) is 18.6 Å². The van der Waals surface area contributed by atoms with Crippen LogP contribution in [0.4, 0.5) is 5.69 Å². The van der Waals surface area contributed by atoms with Crippen LogP contribution in [-0.2, 0) is 16.1 Å². The Hall–Kier alpha value is -2.89. The van der Waals surface area contributed by atoms with Gasteiger partial charge in [-0.1, -0.05) is 0 Å². The first-order valence-electron chi connectivity index (χ1n) is 7.78. The molecule has 6 nitrogen and oxygen atoms in total. The minimum atomic E-state index is -0.332. The van der Waals surface area contributed by atoms with Crippen molar-refractivity contribution in [2.45, 2.75) is 13.0 Å². The molecule has 2 heterocycles. The normalized spacial score (nSPS) is 17.0. The largest absolute Gasteiger partial charge is 0.497 e. The third-order valence-electron chi connectivity index (χ3n) is 4.10. The maximum Gasteiger partial charge on any atom is 0.227 e. The molecule has 1 saturated heterocycles. The van der Waals surface area contributed by atoms with Gasteiger partial charge in [-0.15, -0.1) is 0 Å². The molecule has 2 amide bonds. The minimum absolute atomic E-state index is 0.0378. The molecule has 0 bridgehead atoms. The van der Waals surface area contributed by atoms with E-state index in [0.29, 0.717) is 13.1 Å². The van der Waals surface area contributed by atoms with Crippen LogP contribution in [0.1, 0.15) is 12.0 Å². The number of pyridine rings is 1. The SMILES string of the molecule is COc1ccc(N2C[C@H](C(=O)NCc3ccncc3)CC2=O)cc1. The number of benzene rings is 1. The van der Waals surface area contributed by atoms with Gasteiger partial charge in [-0.3, -0.25) is 14.6 Å². The number of amides is 2.